The van der Waals surface area contributed by atoms with Crippen LogP contribution in [0.1, 0.15) is 25.8 Å². The molecule has 21 heavy (non-hydrogen) atoms. The van der Waals surface area contributed by atoms with Crippen molar-refractivity contribution in [3.63, 3.8) is 0 Å². The van der Waals surface area contributed by atoms with E-state index < -0.39 is 0 Å². The molecular formula is C16H24BrNO2S. The quantitative estimate of drug-likeness (QED) is 0.524. The second-order valence-electron chi connectivity index (χ2n) is 5.37. The van der Waals surface area contributed by atoms with E-state index in [1.165, 1.54) is 5.56 Å². The van der Waals surface area contributed by atoms with E-state index in [2.05, 4.69) is 48.1 Å². The third kappa shape index (κ3) is 8.49. The van der Waals surface area contributed by atoms with E-state index in [9.17, 15) is 4.79 Å². The summed E-state index contributed by atoms with van der Waals surface area (Å²) in [4.78, 5) is 12.9. The molecule has 0 saturated carbocycles. The van der Waals surface area contributed by atoms with Gasteiger partial charge in [-0.05, 0) is 43.0 Å². The van der Waals surface area contributed by atoms with E-state index in [4.69, 9.17) is 4.74 Å². The van der Waals surface area contributed by atoms with Crippen LogP contribution in [0.25, 0.3) is 0 Å². The molecule has 0 spiro atoms. The van der Waals surface area contributed by atoms with Crippen molar-refractivity contribution < 1.29 is 9.53 Å². The first-order valence-corrected chi connectivity index (χ1v) is 9.00. The molecule has 0 bridgehead atoms. The Hall–Kier alpha value is -0.520. The van der Waals surface area contributed by atoms with Crippen LogP contribution in [-0.4, -0.2) is 31.4 Å². The monoisotopic (exact) mass is 373 g/mol. The highest BCUT2D eigenvalue weighted by Crippen LogP contribution is 2.24. The van der Waals surface area contributed by atoms with Crippen LogP contribution in [0.5, 0.6) is 0 Å². The van der Waals surface area contributed by atoms with Crippen molar-refractivity contribution in [2.45, 2.75) is 32.1 Å². The largest absolute Gasteiger partial charge is 0.381 e. The summed E-state index contributed by atoms with van der Waals surface area (Å²) >= 11 is 5.01. The maximum Gasteiger partial charge on any atom is 0.230 e. The number of halogens is 1. The number of hydrogen-bond acceptors (Lipinski definition) is 3. The fourth-order valence-electron chi connectivity index (χ4n) is 1.69. The topological polar surface area (TPSA) is 38.3 Å². The van der Waals surface area contributed by atoms with E-state index in [1.807, 2.05) is 12.1 Å². The Kier molecular flexibility index (Phi) is 9.04. The van der Waals surface area contributed by atoms with Crippen LogP contribution >= 0.6 is 27.7 Å². The molecule has 3 nitrogen and oxygen atoms in total. The van der Waals surface area contributed by atoms with Gasteiger partial charge < -0.3 is 10.1 Å². The van der Waals surface area contributed by atoms with Crippen LogP contribution < -0.4 is 5.32 Å². The standard InChI is InChI=1S/C16H24BrNO2S/c1-12(2)10-20-8-4-7-18-16(19)11-21-15-6-5-14(17)9-13(15)3/h5-6,9,12H,4,7-8,10-11H2,1-3H3,(H,18,19). The molecule has 0 heterocycles. The van der Waals surface area contributed by atoms with Gasteiger partial charge in [0, 0.05) is 29.1 Å². The van der Waals surface area contributed by atoms with E-state index in [0.717, 1.165) is 22.4 Å². The van der Waals surface area contributed by atoms with Crippen LogP contribution in [-0.2, 0) is 9.53 Å². The van der Waals surface area contributed by atoms with Gasteiger partial charge in [0.25, 0.3) is 0 Å². The number of aryl methyl sites for hydroxylation is 1. The molecule has 0 aliphatic rings. The molecule has 0 aliphatic heterocycles. The number of thioether (sulfide) groups is 1. The van der Waals surface area contributed by atoms with Gasteiger partial charge in [-0.1, -0.05) is 29.8 Å². The number of benzene rings is 1. The Balaban J connectivity index is 2.14. The predicted octanol–water partition coefficient (Wildman–Crippen LogP) is 4.03. The molecule has 1 amide bonds. The van der Waals surface area contributed by atoms with Crippen molar-refractivity contribution in [3.8, 4) is 0 Å². The van der Waals surface area contributed by atoms with Gasteiger partial charge in [0.15, 0.2) is 0 Å². The van der Waals surface area contributed by atoms with Crippen LogP contribution in [0.4, 0.5) is 0 Å². The minimum Gasteiger partial charge on any atom is -0.381 e. The molecule has 0 saturated heterocycles. The highest BCUT2D eigenvalue weighted by atomic mass is 79.9. The van der Waals surface area contributed by atoms with Crippen molar-refractivity contribution in [1.29, 1.82) is 0 Å². The van der Waals surface area contributed by atoms with Crippen molar-refractivity contribution >= 4 is 33.6 Å². The molecule has 0 radical (unpaired) electrons. The van der Waals surface area contributed by atoms with Crippen molar-refractivity contribution in [3.05, 3.63) is 28.2 Å². The molecule has 0 atom stereocenters. The zero-order valence-electron chi connectivity index (χ0n) is 12.9. The summed E-state index contributed by atoms with van der Waals surface area (Å²) < 4.78 is 6.54. The van der Waals surface area contributed by atoms with Crippen molar-refractivity contribution in [2.24, 2.45) is 5.92 Å². The Bertz CT molecular complexity index is 452. The fraction of sp³-hybridized carbons (Fsp3) is 0.562. The summed E-state index contributed by atoms with van der Waals surface area (Å²) in [6.45, 7) is 8.48. The van der Waals surface area contributed by atoms with E-state index >= 15 is 0 Å². The van der Waals surface area contributed by atoms with Gasteiger partial charge in [-0.25, -0.2) is 0 Å². The van der Waals surface area contributed by atoms with Gasteiger partial charge >= 0.3 is 0 Å². The maximum atomic E-state index is 11.8. The van der Waals surface area contributed by atoms with Crippen LogP contribution in [0.3, 0.4) is 0 Å². The molecule has 1 N–H and O–H groups in total. The van der Waals surface area contributed by atoms with Crippen LogP contribution in [0.15, 0.2) is 27.6 Å². The average molecular weight is 374 g/mol. The molecule has 1 aromatic rings. The minimum absolute atomic E-state index is 0.0752. The molecule has 118 valence electrons. The number of nitrogens with one attached hydrogen (secondary N) is 1. The molecule has 0 unspecified atom stereocenters. The van der Waals surface area contributed by atoms with Gasteiger partial charge in [0.2, 0.25) is 5.91 Å². The number of ether oxygens (including phenoxy) is 1. The Morgan fingerprint density at radius 3 is 2.86 bits per heavy atom. The van der Waals surface area contributed by atoms with E-state index in [-0.39, 0.29) is 5.91 Å². The van der Waals surface area contributed by atoms with Gasteiger partial charge in [-0.3, -0.25) is 4.79 Å². The lowest BCUT2D eigenvalue weighted by molar-refractivity contribution is -0.118. The van der Waals surface area contributed by atoms with Gasteiger partial charge in [0.05, 0.1) is 5.75 Å². The van der Waals surface area contributed by atoms with Crippen molar-refractivity contribution in [2.75, 3.05) is 25.5 Å². The molecule has 1 rings (SSSR count). The number of carbonyl (C=O) groups is 1. The first-order valence-electron chi connectivity index (χ1n) is 7.22. The molecule has 0 aromatic heterocycles. The highest BCUT2D eigenvalue weighted by Gasteiger charge is 2.05. The number of amides is 1. The Morgan fingerprint density at radius 1 is 1.43 bits per heavy atom. The maximum absolute atomic E-state index is 11.8. The summed E-state index contributed by atoms with van der Waals surface area (Å²) in [6, 6.07) is 6.10. The molecule has 0 aliphatic carbocycles. The summed E-state index contributed by atoms with van der Waals surface area (Å²) in [6.07, 6.45) is 0.862. The third-order valence-electron chi connectivity index (χ3n) is 2.73. The second-order valence-corrected chi connectivity index (χ2v) is 7.30. The summed E-state index contributed by atoms with van der Waals surface area (Å²) in [7, 11) is 0. The molecule has 1 aromatic carbocycles. The lowest BCUT2D eigenvalue weighted by Gasteiger charge is -2.08. The zero-order valence-corrected chi connectivity index (χ0v) is 15.4. The highest BCUT2D eigenvalue weighted by molar-refractivity contribution is 9.10. The predicted molar refractivity (Wildman–Crippen MR) is 92.9 cm³/mol. The van der Waals surface area contributed by atoms with Gasteiger partial charge in [0.1, 0.15) is 0 Å². The first-order chi connectivity index (χ1) is 9.99. The summed E-state index contributed by atoms with van der Waals surface area (Å²) in [5.74, 6) is 1.09. The normalized spacial score (nSPS) is 10.9. The Morgan fingerprint density at radius 2 is 2.19 bits per heavy atom. The van der Waals surface area contributed by atoms with Crippen LogP contribution in [0, 0.1) is 12.8 Å². The lowest BCUT2D eigenvalue weighted by Crippen LogP contribution is -2.27. The molecular weight excluding hydrogens is 350 g/mol. The minimum atomic E-state index is 0.0752. The number of hydrogen-bond donors (Lipinski definition) is 1. The Labute approximate surface area is 140 Å². The molecule has 5 heteroatoms. The summed E-state index contributed by atoms with van der Waals surface area (Å²) in [5.41, 5.74) is 1.18. The van der Waals surface area contributed by atoms with Gasteiger partial charge in [-0.15, -0.1) is 11.8 Å². The fourth-order valence-corrected chi connectivity index (χ4v) is 3.01. The number of carbonyl (C=O) groups excluding carboxylic acids is 1. The number of rotatable bonds is 9. The molecule has 0 fully saturated rings. The lowest BCUT2D eigenvalue weighted by atomic mass is 10.2. The van der Waals surface area contributed by atoms with Gasteiger partial charge in [-0.2, -0.15) is 0 Å². The van der Waals surface area contributed by atoms with Crippen LogP contribution in [0.2, 0.25) is 0 Å². The smallest absolute Gasteiger partial charge is 0.230 e. The van der Waals surface area contributed by atoms with E-state index in [1.54, 1.807) is 11.8 Å². The second kappa shape index (κ2) is 10.2. The first kappa shape index (κ1) is 18.5. The third-order valence-corrected chi connectivity index (χ3v) is 4.40. The average Bonchev–Trinajstić information content (AvgIpc) is 2.41. The van der Waals surface area contributed by atoms with Crippen molar-refractivity contribution in [1.82, 2.24) is 5.32 Å². The SMILES string of the molecule is Cc1cc(Br)ccc1SCC(=O)NCCCOCC(C)C. The van der Waals surface area contributed by atoms with E-state index in [0.29, 0.717) is 24.8 Å². The summed E-state index contributed by atoms with van der Waals surface area (Å²) in [5, 5.41) is 2.92. The zero-order chi connectivity index (χ0) is 15.7.